The highest BCUT2D eigenvalue weighted by atomic mass is 16.2. The Bertz CT molecular complexity index is 1900. The van der Waals surface area contributed by atoms with Crippen molar-refractivity contribution in [1.82, 2.24) is 4.90 Å². The van der Waals surface area contributed by atoms with Crippen molar-refractivity contribution in [2.24, 2.45) is 0 Å². The average Bonchev–Trinajstić information content (AvgIpc) is 3.09. The van der Waals surface area contributed by atoms with Crippen LogP contribution in [0, 0.1) is 6.92 Å². The first kappa shape index (κ1) is 32.3. The molecule has 0 bridgehead atoms. The van der Waals surface area contributed by atoms with Gasteiger partial charge in [0.2, 0.25) is 17.7 Å². The maximum absolute atomic E-state index is 13.5. The molecule has 0 saturated heterocycles. The van der Waals surface area contributed by atoms with Crippen LogP contribution in [0.4, 0.5) is 11.4 Å². The van der Waals surface area contributed by atoms with Crippen LogP contribution >= 0.6 is 0 Å². The van der Waals surface area contributed by atoms with Gasteiger partial charge in [0.05, 0.1) is 18.7 Å². The monoisotopic (exact) mass is 621 g/mol. The molecule has 0 fully saturated rings. The predicted octanol–water partition coefficient (Wildman–Crippen LogP) is 7.18. The standard InChI is InChI=1S/C40H35N3O4/c1-28-13-15-30(16-14-28)25-37(44)42-36-23-22-34(26-35(36)40(47)33-11-7-4-8-12-33)41-38(45)27-43(2)39(46)24-19-29-17-20-32(21-18-29)31-9-5-3-6-10-31/h3-24,26H,25,27H2,1-2H3,(H,41,45)(H,42,44)/b24-19+. The number of carbonyl (C=O) groups is 4. The van der Waals surface area contributed by atoms with Gasteiger partial charge in [0.1, 0.15) is 0 Å². The number of benzene rings is 5. The van der Waals surface area contributed by atoms with Gasteiger partial charge < -0.3 is 15.5 Å². The molecule has 0 aromatic heterocycles. The summed E-state index contributed by atoms with van der Waals surface area (Å²) in [6.45, 7) is 1.78. The zero-order valence-electron chi connectivity index (χ0n) is 26.3. The molecule has 0 aliphatic heterocycles. The van der Waals surface area contributed by atoms with Crippen LogP contribution in [0.5, 0.6) is 0 Å². The van der Waals surface area contributed by atoms with Crippen molar-refractivity contribution in [3.05, 3.63) is 161 Å². The molecule has 0 spiro atoms. The second-order valence-corrected chi connectivity index (χ2v) is 11.2. The van der Waals surface area contributed by atoms with Crippen LogP contribution in [0.2, 0.25) is 0 Å². The third kappa shape index (κ3) is 8.99. The van der Waals surface area contributed by atoms with Crippen LogP contribution in [-0.4, -0.2) is 42.0 Å². The number of likely N-dealkylation sites (N-methyl/N-ethyl adjacent to an activating group) is 1. The SMILES string of the molecule is Cc1ccc(CC(=O)Nc2ccc(NC(=O)CN(C)C(=O)/C=C/c3ccc(-c4ccccc4)cc3)cc2C(=O)c2ccccc2)cc1. The van der Waals surface area contributed by atoms with Gasteiger partial charge in [-0.3, -0.25) is 19.2 Å². The lowest BCUT2D eigenvalue weighted by Gasteiger charge is -2.16. The van der Waals surface area contributed by atoms with E-state index in [-0.39, 0.29) is 36.1 Å². The number of hydrogen-bond acceptors (Lipinski definition) is 4. The van der Waals surface area contributed by atoms with E-state index in [2.05, 4.69) is 10.6 Å². The second kappa shape index (κ2) is 15.3. The molecule has 7 heteroatoms. The van der Waals surface area contributed by atoms with E-state index in [1.54, 1.807) is 49.5 Å². The minimum absolute atomic E-state index is 0.144. The summed E-state index contributed by atoms with van der Waals surface area (Å²) in [7, 11) is 1.54. The summed E-state index contributed by atoms with van der Waals surface area (Å²) in [4.78, 5) is 53.4. The lowest BCUT2D eigenvalue weighted by Crippen LogP contribution is -2.33. The first-order valence-electron chi connectivity index (χ1n) is 15.2. The highest BCUT2D eigenvalue weighted by Crippen LogP contribution is 2.25. The third-order valence-corrected chi connectivity index (χ3v) is 7.54. The number of anilines is 2. The van der Waals surface area contributed by atoms with Crippen molar-refractivity contribution in [3.63, 3.8) is 0 Å². The lowest BCUT2D eigenvalue weighted by molar-refractivity contribution is -0.129. The van der Waals surface area contributed by atoms with Crippen LogP contribution in [0.3, 0.4) is 0 Å². The fourth-order valence-corrected chi connectivity index (χ4v) is 4.96. The van der Waals surface area contributed by atoms with Crippen LogP contribution in [0.25, 0.3) is 17.2 Å². The van der Waals surface area contributed by atoms with E-state index in [1.807, 2.05) is 91.9 Å². The van der Waals surface area contributed by atoms with Gasteiger partial charge >= 0.3 is 0 Å². The molecule has 3 amide bonds. The Morgan fingerprint density at radius 2 is 1.32 bits per heavy atom. The van der Waals surface area contributed by atoms with Crippen molar-refractivity contribution >= 4 is 41.0 Å². The summed E-state index contributed by atoms with van der Waals surface area (Å²) < 4.78 is 0. The van der Waals surface area contributed by atoms with E-state index in [4.69, 9.17) is 0 Å². The molecule has 7 nitrogen and oxygen atoms in total. The van der Waals surface area contributed by atoms with E-state index in [9.17, 15) is 19.2 Å². The molecule has 47 heavy (non-hydrogen) atoms. The third-order valence-electron chi connectivity index (χ3n) is 7.54. The summed E-state index contributed by atoms with van der Waals surface area (Å²) in [5.74, 6) is -1.34. The van der Waals surface area contributed by atoms with Crippen LogP contribution < -0.4 is 10.6 Å². The molecular formula is C40H35N3O4. The Kier molecular flexibility index (Phi) is 10.5. The van der Waals surface area contributed by atoms with Gasteiger partial charge in [-0.15, -0.1) is 0 Å². The normalized spacial score (nSPS) is 10.8. The largest absolute Gasteiger partial charge is 0.333 e. The Hall–Kier alpha value is -6.08. The quantitative estimate of drug-likeness (QED) is 0.121. The number of rotatable bonds is 11. The predicted molar refractivity (Wildman–Crippen MR) is 187 cm³/mol. The summed E-state index contributed by atoms with van der Waals surface area (Å²) in [6.07, 6.45) is 3.28. The van der Waals surface area contributed by atoms with E-state index in [1.165, 1.54) is 17.0 Å². The van der Waals surface area contributed by atoms with Gasteiger partial charge in [0.25, 0.3) is 0 Å². The Balaban J connectivity index is 1.23. The maximum Gasteiger partial charge on any atom is 0.246 e. The number of carbonyl (C=O) groups excluding carboxylic acids is 4. The highest BCUT2D eigenvalue weighted by molar-refractivity contribution is 6.14. The van der Waals surface area contributed by atoms with E-state index in [0.29, 0.717) is 16.9 Å². The molecule has 0 atom stereocenters. The van der Waals surface area contributed by atoms with Crippen molar-refractivity contribution in [3.8, 4) is 11.1 Å². The summed E-state index contributed by atoms with van der Waals surface area (Å²) in [5, 5.41) is 5.63. The first-order valence-corrected chi connectivity index (χ1v) is 15.2. The molecule has 5 aromatic rings. The molecular weight excluding hydrogens is 586 g/mol. The van der Waals surface area contributed by atoms with Crippen molar-refractivity contribution in [2.45, 2.75) is 13.3 Å². The number of nitrogens with one attached hydrogen (secondary N) is 2. The van der Waals surface area contributed by atoms with Gasteiger partial charge in [-0.2, -0.15) is 0 Å². The van der Waals surface area contributed by atoms with Gasteiger partial charge in [0, 0.05) is 29.9 Å². The number of aryl methyl sites for hydroxylation is 1. The van der Waals surface area contributed by atoms with E-state index >= 15 is 0 Å². The minimum atomic E-state index is -0.435. The fourth-order valence-electron chi connectivity index (χ4n) is 4.96. The topological polar surface area (TPSA) is 95.6 Å². The average molecular weight is 622 g/mol. The van der Waals surface area contributed by atoms with Gasteiger partial charge in [0.15, 0.2) is 5.78 Å². The Morgan fingerprint density at radius 3 is 2.00 bits per heavy atom. The van der Waals surface area contributed by atoms with Crippen LogP contribution in [0.15, 0.2) is 133 Å². The molecule has 5 rings (SSSR count). The van der Waals surface area contributed by atoms with Gasteiger partial charge in [-0.25, -0.2) is 0 Å². The van der Waals surface area contributed by atoms with Crippen molar-refractivity contribution in [1.29, 1.82) is 0 Å². The molecule has 0 radical (unpaired) electrons. The summed E-state index contributed by atoms with van der Waals surface area (Å²) in [5.41, 5.74) is 6.37. The van der Waals surface area contributed by atoms with Crippen molar-refractivity contribution < 1.29 is 19.2 Å². The second-order valence-electron chi connectivity index (χ2n) is 11.2. The van der Waals surface area contributed by atoms with E-state index in [0.717, 1.165) is 27.8 Å². The summed E-state index contributed by atoms with van der Waals surface area (Å²) >= 11 is 0. The molecule has 234 valence electrons. The Morgan fingerprint density at radius 1 is 0.681 bits per heavy atom. The zero-order chi connectivity index (χ0) is 33.2. The smallest absolute Gasteiger partial charge is 0.246 e. The molecule has 5 aromatic carbocycles. The first-order chi connectivity index (χ1) is 22.7. The van der Waals surface area contributed by atoms with Crippen LogP contribution in [-0.2, 0) is 20.8 Å². The Labute approximate surface area is 274 Å². The van der Waals surface area contributed by atoms with Gasteiger partial charge in [-0.1, -0.05) is 115 Å². The number of nitrogens with zero attached hydrogens (tertiary/aromatic N) is 1. The summed E-state index contributed by atoms with van der Waals surface area (Å²) in [6, 6.07) is 39.0. The molecule has 0 aliphatic carbocycles. The fraction of sp³-hybridized carbons (Fsp3) is 0.100. The number of amides is 3. The lowest BCUT2D eigenvalue weighted by atomic mass is 10.0. The molecule has 2 N–H and O–H groups in total. The minimum Gasteiger partial charge on any atom is -0.333 e. The van der Waals surface area contributed by atoms with E-state index < -0.39 is 5.91 Å². The highest BCUT2D eigenvalue weighted by Gasteiger charge is 2.18. The molecule has 0 saturated carbocycles. The zero-order valence-corrected chi connectivity index (χ0v) is 26.3. The van der Waals surface area contributed by atoms with Crippen LogP contribution in [0.1, 0.15) is 32.6 Å². The molecule has 0 unspecified atom stereocenters. The molecule has 0 aliphatic rings. The van der Waals surface area contributed by atoms with Crippen molar-refractivity contribution in [2.75, 3.05) is 24.2 Å². The van der Waals surface area contributed by atoms with Gasteiger partial charge in [-0.05, 0) is 53.5 Å². The molecule has 0 heterocycles. The number of hydrogen-bond donors (Lipinski definition) is 2. The number of ketones is 1. The maximum atomic E-state index is 13.5.